The summed E-state index contributed by atoms with van der Waals surface area (Å²) in [6.45, 7) is -2.76. The van der Waals surface area contributed by atoms with Crippen LogP contribution in [0.2, 0.25) is 0 Å². The predicted octanol–water partition coefficient (Wildman–Crippen LogP) is 0.144. The van der Waals surface area contributed by atoms with E-state index in [1.807, 2.05) is 0 Å². The number of anilines is 2. The largest absolute Gasteiger partial charge is 0.368 e. The molecule has 0 aromatic heterocycles. The van der Waals surface area contributed by atoms with Gasteiger partial charge < -0.3 is 21.3 Å². The number of halogens is 1. The Labute approximate surface area is 197 Å². The lowest BCUT2D eigenvalue weighted by Crippen LogP contribution is -2.51. The van der Waals surface area contributed by atoms with Crippen molar-refractivity contribution in [2.45, 2.75) is 43.2 Å². The first-order valence-electron chi connectivity index (χ1n) is 11.5. The first kappa shape index (κ1) is 20.3. The van der Waals surface area contributed by atoms with Gasteiger partial charge in [0.1, 0.15) is 6.04 Å². The molecule has 2 aliphatic heterocycles. The topological polar surface area (TPSA) is 151 Å². The minimum Gasteiger partial charge on any atom is -0.368 e. The molecule has 1 spiro atoms. The third-order valence-electron chi connectivity index (χ3n) is 6.23. The second-order valence-corrected chi connectivity index (χ2v) is 10.4. The number of nitrogens with zero attached hydrogens (tertiary/aromatic N) is 1. The summed E-state index contributed by atoms with van der Waals surface area (Å²) < 4.78 is 48.4. The van der Waals surface area contributed by atoms with Crippen molar-refractivity contribution >= 4 is 51.5 Å². The Morgan fingerprint density at radius 3 is 2.72 bits per heavy atom. The fourth-order valence-corrected chi connectivity index (χ4v) is 5.11. The fourth-order valence-electron chi connectivity index (χ4n) is 4.55. The maximum absolute atomic E-state index is 13.5. The average Bonchev–Trinajstić information content (AvgIpc) is 3.34. The van der Waals surface area contributed by atoms with Crippen LogP contribution in [0.15, 0.2) is 18.2 Å². The van der Waals surface area contributed by atoms with E-state index in [1.165, 1.54) is 17.0 Å². The quantitative estimate of drug-likeness (QED) is 0.428. The van der Waals surface area contributed by atoms with Crippen molar-refractivity contribution in [2.24, 2.45) is 11.7 Å². The number of nitrogens with one attached hydrogen (secondary N) is 3. The summed E-state index contributed by atoms with van der Waals surface area (Å²) in [5.41, 5.74) is 5.39. The second kappa shape index (κ2) is 8.53. The van der Waals surface area contributed by atoms with E-state index in [9.17, 15) is 22.8 Å². The van der Waals surface area contributed by atoms with Gasteiger partial charge in [-0.3, -0.25) is 19.1 Å². The molecule has 3 aliphatic rings. The molecule has 1 aromatic rings. The molecule has 12 heteroatoms. The zero-order valence-corrected chi connectivity index (χ0v) is 19.0. The van der Waals surface area contributed by atoms with Gasteiger partial charge in [-0.05, 0) is 49.5 Å². The summed E-state index contributed by atoms with van der Waals surface area (Å²) in [7, 11) is -3.58. The van der Waals surface area contributed by atoms with Gasteiger partial charge in [0.2, 0.25) is 27.7 Å². The zero-order valence-electron chi connectivity index (χ0n) is 20.4. The van der Waals surface area contributed by atoms with Gasteiger partial charge in [0.15, 0.2) is 0 Å². The molecule has 0 unspecified atom stereocenters. The zero-order chi connectivity index (χ0) is 25.1. The Balaban J connectivity index is 0.00000342. The van der Waals surface area contributed by atoms with E-state index in [4.69, 9.17) is 9.85 Å². The lowest BCUT2D eigenvalue weighted by molar-refractivity contribution is -0.139. The van der Waals surface area contributed by atoms with Gasteiger partial charge in [0.05, 0.1) is 17.7 Å². The molecule has 1 aromatic carbocycles. The van der Waals surface area contributed by atoms with Crippen LogP contribution >= 0.6 is 12.4 Å². The van der Waals surface area contributed by atoms with Gasteiger partial charge in [-0.2, -0.15) is 0 Å². The smallest absolute Gasteiger partial charge is 0.240 e. The Morgan fingerprint density at radius 1 is 1.41 bits per heavy atom. The number of benzene rings is 1. The van der Waals surface area contributed by atoms with Crippen LogP contribution in [0.3, 0.4) is 0 Å². The number of sulfonamides is 1. The van der Waals surface area contributed by atoms with E-state index in [-0.39, 0.29) is 37.0 Å². The molecule has 176 valence electrons. The minimum atomic E-state index is -3.58. The van der Waals surface area contributed by atoms with E-state index in [0.29, 0.717) is 17.7 Å². The number of hydrogen-bond acceptors (Lipinski definition) is 6. The standard InChI is InChI=1S/C20H27N5O5S.ClH/c1-22-15(7-11-3-4-11)18(27)25-10-20(9-16(25)17(21)26)13-8-12(24-31(2,29)30)5-6-14(13)23-19(20)28;/h5-6,8,11,15-16,22,24H,3-4,7,9-10H2,1-2H3,(H2,21,26)(H,23,28);1H/t15-,16-,20-;/m0./s1/i1D3;. The number of likely N-dealkylation sites (tertiary alicyclic amines) is 1. The molecule has 1 aliphatic carbocycles. The van der Waals surface area contributed by atoms with E-state index in [2.05, 4.69) is 15.4 Å². The van der Waals surface area contributed by atoms with Gasteiger partial charge in [-0.15, -0.1) is 12.4 Å². The maximum atomic E-state index is 13.5. The first-order chi connectivity index (χ1) is 15.7. The SMILES string of the molecule is Cl.[2H]C([2H])([2H])N[C@@H](CC1CC1)C(=O)N1C[C@]2(C[C@H]1C(N)=O)C(=O)Nc1ccc(NS(C)(=O)=O)cc12. The third-order valence-corrected chi connectivity index (χ3v) is 6.84. The predicted molar refractivity (Wildman–Crippen MR) is 122 cm³/mol. The van der Waals surface area contributed by atoms with Crippen LogP contribution in [-0.4, -0.2) is 62.9 Å². The third kappa shape index (κ3) is 4.41. The number of fused-ring (bicyclic) bond motifs is 2. The van der Waals surface area contributed by atoms with Crippen LogP contribution in [0.5, 0.6) is 0 Å². The highest BCUT2D eigenvalue weighted by Gasteiger charge is 2.57. The van der Waals surface area contributed by atoms with Crippen LogP contribution in [0.4, 0.5) is 11.4 Å². The van der Waals surface area contributed by atoms with Crippen LogP contribution in [0.1, 0.15) is 35.4 Å². The summed E-state index contributed by atoms with van der Waals surface area (Å²) in [6.07, 6.45) is 2.98. The van der Waals surface area contributed by atoms with Crippen molar-refractivity contribution in [1.29, 1.82) is 0 Å². The van der Waals surface area contributed by atoms with Crippen molar-refractivity contribution in [1.82, 2.24) is 10.2 Å². The monoisotopic (exact) mass is 488 g/mol. The normalized spacial score (nSPS) is 26.9. The molecule has 3 amide bonds. The summed E-state index contributed by atoms with van der Waals surface area (Å²) >= 11 is 0. The highest BCUT2D eigenvalue weighted by molar-refractivity contribution is 7.92. The number of likely N-dealkylation sites (N-methyl/N-ethyl adjacent to an activating group) is 1. The fraction of sp³-hybridized carbons (Fsp3) is 0.550. The summed E-state index contributed by atoms with van der Waals surface area (Å²) in [5.74, 6) is -1.64. The molecular weight excluding hydrogens is 458 g/mol. The molecule has 2 fully saturated rings. The lowest BCUT2D eigenvalue weighted by atomic mass is 9.79. The van der Waals surface area contributed by atoms with E-state index in [0.717, 1.165) is 19.1 Å². The van der Waals surface area contributed by atoms with E-state index < -0.39 is 52.2 Å². The van der Waals surface area contributed by atoms with Gasteiger partial charge in [0, 0.05) is 22.0 Å². The van der Waals surface area contributed by atoms with Crippen molar-refractivity contribution in [3.63, 3.8) is 0 Å². The van der Waals surface area contributed by atoms with Crippen LogP contribution < -0.4 is 21.1 Å². The lowest BCUT2D eigenvalue weighted by Gasteiger charge is -2.28. The molecule has 2 heterocycles. The Hall–Kier alpha value is -2.37. The molecule has 0 radical (unpaired) electrons. The first-order valence-corrected chi connectivity index (χ1v) is 11.9. The van der Waals surface area contributed by atoms with Gasteiger partial charge in [0.25, 0.3) is 0 Å². The van der Waals surface area contributed by atoms with Crippen molar-refractivity contribution in [2.75, 3.05) is 29.8 Å². The molecule has 32 heavy (non-hydrogen) atoms. The number of nitrogens with two attached hydrogens (primary N) is 1. The van der Waals surface area contributed by atoms with E-state index in [1.54, 1.807) is 6.07 Å². The molecule has 1 saturated carbocycles. The molecular formula is C20H28ClN5O5S. The average molecular weight is 489 g/mol. The van der Waals surface area contributed by atoms with Gasteiger partial charge in [-0.1, -0.05) is 12.8 Å². The highest BCUT2D eigenvalue weighted by Crippen LogP contribution is 2.47. The van der Waals surface area contributed by atoms with E-state index >= 15 is 0 Å². The summed E-state index contributed by atoms with van der Waals surface area (Å²) in [5, 5.41) is 5.12. The molecule has 4 rings (SSSR count). The Bertz CT molecular complexity index is 1160. The van der Waals surface area contributed by atoms with Gasteiger partial charge >= 0.3 is 0 Å². The number of hydrogen-bond donors (Lipinski definition) is 4. The number of carbonyl (C=O) groups is 3. The van der Waals surface area contributed by atoms with Crippen molar-refractivity contribution in [3.05, 3.63) is 23.8 Å². The molecule has 3 atom stereocenters. The Kier molecular flexibility index (Phi) is 5.40. The van der Waals surface area contributed by atoms with Crippen LogP contribution in [-0.2, 0) is 29.8 Å². The minimum absolute atomic E-state index is 0. The summed E-state index contributed by atoms with van der Waals surface area (Å²) in [6, 6.07) is 2.36. The molecule has 1 saturated heterocycles. The van der Waals surface area contributed by atoms with Gasteiger partial charge in [-0.25, -0.2) is 8.42 Å². The van der Waals surface area contributed by atoms with Crippen LogP contribution in [0, 0.1) is 5.92 Å². The number of rotatable bonds is 7. The maximum Gasteiger partial charge on any atom is 0.240 e. The van der Waals surface area contributed by atoms with Crippen molar-refractivity contribution in [3.8, 4) is 0 Å². The molecule has 10 nitrogen and oxygen atoms in total. The number of primary amides is 1. The highest BCUT2D eigenvalue weighted by atomic mass is 35.5. The molecule has 0 bridgehead atoms. The number of carbonyl (C=O) groups excluding carboxylic acids is 3. The van der Waals surface area contributed by atoms with Crippen LogP contribution in [0.25, 0.3) is 0 Å². The van der Waals surface area contributed by atoms with Crippen molar-refractivity contribution < 1.29 is 26.9 Å². The second-order valence-electron chi connectivity index (χ2n) is 8.64. The number of amides is 3. The Morgan fingerprint density at radius 2 is 2.12 bits per heavy atom. The molecule has 5 N–H and O–H groups in total. The summed E-state index contributed by atoms with van der Waals surface area (Å²) in [4.78, 5) is 40.2.